The quantitative estimate of drug-likeness (QED) is 0.493. The summed E-state index contributed by atoms with van der Waals surface area (Å²) in [5.41, 5.74) is 3.54. The molecule has 0 N–H and O–H groups in total. The van der Waals surface area contributed by atoms with Crippen molar-refractivity contribution in [1.29, 1.82) is 0 Å². The second-order valence-electron chi connectivity index (χ2n) is 9.67. The van der Waals surface area contributed by atoms with E-state index in [-0.39, 0.29) is 17.3 Å². The first-order chi connectivity index (χ1) is 17.5. The van der Waals surface area contributed by atoms with Gasteiger partial charge in [-0.2, -0.15) is 0 Å². The minimum atomic E-state index is -0.314. The highest BCUT2D eigenvalue weighted by molar-refractivity contribution is 5.81. The highest BCUT2D eigenvalue weighted by Gasteiger charge is 2.25. The van der Waals surface area contributed by atoms with Gasteiger partial charge in [0, 0.05) is 76.0 Å². The number of hydrogen-bond donors (Lipinski definition) is 0. The molecular formula is C28H33FN4O3. The summed E-state index contributed by atoms with van der Waals surface area (Å²) < 4.78 is 18.6. The van der Waals surface area contributed by atoms with Crippen LogP contribution in [0.4, 0.5) is 10.1 Å². The third-order valence-electron chi connectivity index (χ3n) is 7.34. The van der Waals surface area contributed by atoms with Gasteiger partial charge in [0.15, 0.2) is 0 Å². The number of nitrogens with zero attached hydrogens (tertiary/aromatic N) is 4. The third-order valence-corrected chi connectivity index (χ3v) is 7.34. The normalized spacial score (nSPS) is 17.6. The maximum Gasteiger partial charge on any atom is 0.336 e. The molecule has 0 unspecified atom stereocenters. The topological polar surface area (TPSA) is 60.2 Å². The predicted molar refractivity (Wildman–Crippen MR) is 139 cm³/mol. The van der Waals surface area contributed by atoms with E-state index in [2.05, 4.69) is 27.7 Å². The first kappa shape index (κ1) is 24.5. The van der Waals surface area contributed by atoms with Crippen LogP contribution >= 0.6 is 0 Å². The van der Waals surface area contributed by atoms with Gasteiger partial charge in [0.1, 0.15) is 11.4 Å². The fourth-order valence-electron chi connectivity index (χ4n) is 5.13. The summed E-state index contributed by atoms with van der Waals surface area (Å²) in [6.45, 7) is 9.45. The van der Waals surface area contributed by atoms with Crippen LogP contribution in [0.25, 0.3) is 11.0 Å². The number of halogens is 1. The summed E-state index contributed by atoms with van der Waals surface area (Å²) in [5.74, 6) is -0.0676. The summed E-state index contributed by atoms with van der Waals surface area (Å²) in [6, 6.07) is 14.2. The molecular weight excluding hydrogens is 459 g/mol. The van der Waals surface area contributed by atoms with Gasteiger partial charge in [0.2, 0.25) is 5.91 Å². The molecule has 190 valence electrons. The number of carbonyl (C=O) groups excluding carboxylic acids is 1. The molecule has 0 saturated carbocycles. The van der Waals surface area contributed by atoms with Crippen LogP contribution < -0.4 is 10.5 Å². The Hall–Kier alpha value is -3.23. The summed E-state index contributed by atoms with van der Waals surface area (Å²) in [6.07, 6.45) is 0.933. The minimum absolute atomic E-state index is 0.168. The molecule has 7 nitrogen and oxygen atoms in total. The molecule has 1 amide bonds. The van der Waals surface area contributed by atoms with Crippen LogP contribution in [0.15, 0.2) is 57.7 Å². The Labute approximate surface area is 210 Å². The monoisotopic (exact) mass is 492 g/mol. The highest BCUT2D eigenvalue weighted by Crippen LogP contribution is 2.22. The maximum atomic E-state index is 13.2. The smallest absolute Gasteiger partial charge is 0.336 e. The Morgan fingerprint density at radius 2 is 1.58 bits per heavy atom. The highest BCUT2D eigenvalue weighted by atomic mass is 19.1. The van der Waals surface area contributed by atoms with Crippen molar-refractivity contribution in [2.45, 2.75) is 19.9 Å². The number of benzene rings is 2. The molecule has 2 saturated heterocycles. The average Bonchev–Trinajstić information content (AvgIpc) is 2.90. The van der Waals surface area contributed by atoms with E-state index in [9.17, 15) is 14.0 Å². The van der Waals surface area contributed by atoms with E-state index in [1.54, 1.807) is 18.2 Å². The van der Waals surface area contributed by atoms with Crippen molar-refractivity contribution < 1.29 is 13.6 Å². The van der Waals surface area contributed by atoms with Crippen molar-refractivity contribution in [3.63, 3.8) is 0 Å². The van der Waals surface area contributed by atoms with Gasteiger partial charge in [-0.3, -0.25) is 14.6 Å². The van der Waals surface area contributed by atoms with E-state index in [1.165, 1.54) is 17.7 Å². The van der Waals surface area contributed by atoms with Crippen molar-refractivity contribution in [3.8, 4) is 0 Å². The van der Waals surface area contributed by atoms with Crippen LogP contribution in [-0.4, -0.2) is 79.5 Å². The zero-order valence-electron chi connectivity index (χ0n) is 20.8. The first-order valence-electron chi connectivity index (χ1n) is 12.8. The van der Waals surface area contributed by atoms with Crippen molar-refractivity contribution in [1.82, 2.24) is 14.7 Å². The summed E-state index contributed by atoms with van der Waals surface area (Å²) in [7, 11) is 0. The van der Waals surface area contributed by atoms with Gasteiger partial charge in [0.05, 0.1) is 6.54 Å². The number of anilines is 1. The van der Waals surface area contributed by atoms with Crippen LogP contribution in [0.1, 0.15) is 18.1 Å². The van der Waals surface area contributed by atoms with E-state index >= 15 is 0 Å². The molecule has 0 radical (unpaired) electrons. The number of amides is 1. The van der Waals surface area contributed by atoms with Crippen LogP contribution in [0.2, 0.25) is 0 Å². The largest absolute Gasteiger partial charge is 0.423 e. The number of hydrogen-bond acceptors (Lipinski definition) is 6. The van der Waals surface area contributed by atoms with Gasteiger partial charge >= 0.3 is 5.63 Å². The molecule has 1 aromatic heterocycles. The van der Waals surface area contributed by atoms with Crippen molar-refractivity contribution in [2.24, 2.45) is 0 Å². The molecule has 36 heavy (non-hydrogen) atoms. The van der Waals surface area contributed by atoms with E-state index in [1.807, 2.05) is 17.0 Å². The Kier molecular flexibility index (Phi) is 7.34. The minimum Gasteiger partial charge on any atom is -0.423 e. The molecule has 0 aliphatic carbocycles. The fourth-order valence-corrected chi connectivity index (χ4v) is 5.13. The molecule has 0 bridgehead atoms. The molecule has 0 spiro atoms. The molecule has 3 heterocycles. The molecule has 8 heteroatoms. The van der Waals surface area contributed by atoms with E-state index in [0.29, 0.717) is 31.8 Å². The second-order valence-corrected chi connectivity index (χ2v) is 9.67. The Balaban J connectivity index is 1.12. The van der Waals surface area contributed by atoms with E-state index in [4.69, 9.17) is 4.42 Å². The van der Waals surface area contributed by atoms with Gasteiger partial charge in [-0.1, -0.05) is 13.0 Å². The number of carbonyl (C=O) groups is 1. The Bertz CT molecular complexity index is 1260. The average molecular weight is 493 g/mol. The molecule has 3 aromatic rings. The molecule has 2 fully saturated rings. The van der Waals surface area contributed by atoms with Crippen LogP contribution in [0, 0.1) is 5.82 Å². The molecule has 2 aromatic carbocycles. The Morgan fingerprint density at radius 3 is 2.28 bits per heavy atom. The lowest BCUT2D eigenvalue weighted by molar-refractivity contribution is -0.133. The number of piperazine rings is 2. The SMILES string of the molecule is CCc1ccc2oc(=O)cc(CN3CCN(CC(=O)N4CCN(c5ccc(F)cc5)CC4)CC3)c2c1. The van der Waals surface area contributed by atoms with Crippen molar-refractivity contribution in [2.75, 3.05) is 63.8 Å². The molecule has 5 rings (SSSR count). The number of rotatable bonds is 6. The summed E-state index contributed by atoms with van der Waals surface area (Å²) >= 11 is 0. The summed E-state index contributed by atoms with van der Waals surface area (Å²) in [5, 5.41) is 1.01. The van der Waals surface area contributed by atoms with E-state index in [0.717, 1.165) is 62.3 Å². The number of fused-ring (bicyclic) bond motifs is 1. The van der Waals surface area contributed by atoms with Gasteiger partial charge in [-0.15, -0.1) is 0 Å². The van der Waals surface area contributed by atoms with Crippen LogP contribution in [-0.2, 0) is 17.8 Å². The first-order valence-corrected chi connectivity index (χ1v) is 12.8. The van der Waals surface area contributed by atoms with Crippen molar-refractivity contribution >= 4 is 22.6 Å². The van der Waals surface area contributed by atoms with Gasteiger partial charge < -0.3 is 14.2 Å². The molecule has 2 aliphatic rings. The van der Waals surface area contributed by atoms with Gasteiger partial charge in [0.25, 0.3) is 0 Å². The lowest BCUT2D eigenvalue weighted by Gasteiger charge is -2.38. The summed E-state index contributed by atoms with van der Waals surface area (Å²) in [4.78, 5) is 33.7. The standard InChI is InChI=1S/C28H33FN4O3/c1-2-21-3-8-26-25(17-21)22(18-28(35)36-26)19-30-9-11-31(12-10-30)20-27(34)33-15-13-32(14-16-33)24-6-4-23(29)5-7-24/h3-8,17-18H,2,9-16,19-20H2,1H3. The van der Waals surface area contributed by atoms with Gasteiger partial charge in [-0.05, 0) is 53.9 Å². The molecule has 2 aliphatic heterocycles. The van der Waals surface area contributed by atoms with Crippen LogP contribution in [0.5, 0.6) is 0 Å². The predicted octanol–water partition coefficient (Wildman–Crippen LogP) is 2.96. The van der Waals surface area contributed by atoms with Crippen LogP contribution in [0.3, 0.4) is 0 Å². The third kappa shape index (κ3) is 5.60. The van der Waals surface area contributed by atoms with E-state index < -0.39 is 0 Å². The zero-order valence-corrected chi connectivity index (χ0v) is 20.8. The maximum absolute atomic E-state index is 13.2. The lowest BCUT2D eigenvalue weighted by Crippen LogP contribution is -2.53. The van der Waals surface area contributed by atoms with Gasteiger partial charge in [-0.25, -0.2) is 9.18 Å². The fraction of sp³-hybridized carbons (Fsp3) is 0.429. The number of aryl methyl sites for hydroxylation is 1. The Morgan fingerprint density at radius 1 is 0.889 bits per heavy atom. The molecule has 0 atom stereocenters. The lowest BCUT2D eigenvalue weighted by atomic mass is 10.0. The zero-order chi connectivity index (χ0) is 25.1. The van der Waals surface area contributed by atoms with Crippen molar-refractivity contribution in [3.05, 3.63) is 75.9 Å². The second kappa shape index (κ2) is 10.8.